The third-order valence-electron chi connectivity index (χ3n) is 2.94. The SMILES string of the molecule is O=C(N/N=C/c1ccccc1O)c1ccc2c(c1)OCO2. The molecule has 2 N–H and O–H groups in total. The van der Waals surface area contributed by atoms with Gasteiger partial charge in [-0.15, -0.1) is 0 Å². The molecule has 0 unspecified atom stereocenters. The Hall–Kier alpha value is -3.02. The monoisotopic (exact) mass is 284 g/mol. The summed E-state index contributed by atoms with van der Waals surface area (Å²) < 4.78 is 10.4. The zero-order valence-electron chi connectivity index (χ0n) is 10.9. The molecule has 1 aliphatic heterocycles. The van der Waals surface area contributed by atoms with Crippen molar-refractivity contribution in [2.24, 2.45) is 5.10 Å². The molecule has 2 aromatic carbocycles. The number of fused-ring (bicyclic) bond motifs is 1. The minimum Gasteiger partial charge on any atom is -0.507 e. The highest BCUT2D eigenvalue weighted by Crippen LogP contribution is 2.32. The van der Waals surface area contributed by atoms with E-state index in [4.69, 9.17) is 9.47 Å². The summed E-state index contributed by atoms with van der Waals surface area (Å²) >= 11 is 0. The molecule has 0 fully saturated rings. The molecule has 1 aliphatic rings. The summed E-state index contributed by atoms with van der Waals surface area (Å²) in [6.07, 6.45) is 1.38. The highest BCUT2D eigenvalue weighted by molar-refractivity contribution is 5.95. The van der Waals surface area contributed by atoms with Gasteiger partial charge in [0.25, 0.3) is 5.91 Å². The first-order valence-corrected chi connectivity index (χ1v) is 6.25. The van der Waals surface area contributed by atoms with Gasteiger partial charge >= 0.3 is 0 Å². The number of nitrogens with one attached hydrogen (secondary N) is 1. The molecule has 0 bridgehead atoms. The van der Waals surface area contributed by atoms with Crippen molar-refractivity contribution in [2.45, 2.75) is 0 Å². The molecule has 3 rings (SSSR count). The van der Waals surface area contributed by atoms with Crippen LogP contribution in [0.2, 0.25) is 0 Å². The van der Waals surface area contributed by atoms with E-state index in [-0.39, 0.29) is 18.4 Å². The fourth-order valence-corrected chi connectivity index (χ4v) is 1.86. The molecule has 6 nitrogen and oxygen atoms in total. The van der Waals surface area contributed by atoms with Gasteiger partial charge in [-0.2, -0.15) is 5.10 Å². The molecular formula is C15H12N2O4. The number of hydrogen-bond donors (Lipinski definition) is 2. The van der Waals surface area contributed by atoms with Crippen LogP contribution in [0.3, 0.4) is 0 Å². The smallest absolute Gasteiger partial charge is 0.271 e. The topological polar surface area (TPSA) is 80.2 Å². The summed E-state index contributed by atoms with van der Waals surface area (Å²) in [5, 5.41) is 13.4. The molecule has 106 valence electrons. The van der Waals surface area contributed by atoms with E-state index in [1.807, 2.05) is 0 Å². The Bertz CT molecular complexity index is 713. The lowest BCUT2D eigenvalue weighted by atomic mass is 10.2. The molecule has 0 atom stereocenters. The van der Waals surface area contributed by atoms with E-state index in [0.29, 0.717) is 22.6 Å². The third kappa shape index (κ3) is 2.79. The number of aromatic hydroxyl groups is 1. The number of benzene rings is 2. The molecule has 0 saturated heterocycles. The highest BCUT2D eigenvalue weighted by Gasteiger charge is 2.15. The molecule has 21 heavy (non-hydrogen) atoms. The van der Waals surface area contributed by atoms with E-state index in [2.05, 4.69) is 10.5 Å². The quantitative estimate of drug-likeness (QED) is 0.666. The number of hydrogen-bond acceptors (Lipinski definition) is 5. The molecule has 1 heterocycles. The lowest BCUT2D eigenvalue weighted by Crippen LogP contribution is -2.17. The number of phenolic OH excluding ortho intramolecular Hbond substituents is 1. The van der Waals surface area contributed by atoms with Crippen molar-refractivity contribution in [1.29, 1.82) is 0 Å². The van der Waals surface area contributed by atoms with Gasteiger partial charge < -0.3 is 14.6 Å². The van der Waals surface area contributed by atoms with Crippen molar-refractivity contribution >= 4 is 12.1 Å². The van der Waals surface area contributed by atoms with E-state index in [1.165, 1.54) is 6.21 Å². The highest BCUT2D eigenvalue weighted by atomic mass is 16.7. The molecule has 1 amide bonds. The first-order chi connectivity index (χ1) is 10.2. The number of para-hydroxylation sites is 1. The van der Waals surface area contributed by atoms with Gasteiger partial charge in [-0.25, -0.2) is 5.43 Å². The van der Waals surface area contributed by atoms with Crippen molar-refractivity contribution < 1.29 is 19.4 Å². The molecule has 0 radical (unpaired) electrons. The Labute approximate surface area is 120 Å². The van der Waals surface area contributed by atoms with Gasteiger partial charge in [-0.3, -0.25) is 4.79 Å². The number of carbonyl (C=O) groups is 1. The third-order valence-corrected chi connectivity index (χ3v) is 2.94. The average Bonchev–Trinajstić information content (AvgIpc) is 2.96. The summed E-state index contributed by atoms with van der Waals surface area (Å²) in [4.78, 5) is 11.9. The maximum absolute atomic E-state index is 11.9. The Morgan fingerprint density at radius 1 is 1.19 bits per heavy atom. The van der Waals surface area contributed by atoms with Crippen LogP contribution in [0.1, 0.15) is 15.9 Å². The van der Waals surface area contributed by atoms with Crippen LogP contribution in [0.25, 0.3) is 0 Å². The number of ether oxygens (including phenoxy) is 2. The van der Waals surface area contributed by atoms with Gasteiger partial charge in [0.2, 0.25) is 6.79 Å². The Kier molecular flexibility index (Phi) is 3.42. The normalized spacial score (nSPS) is 12.6. The second kappa shape index (κ2) is 5.54. The van der Waals surface area contributed by atoms with Crippen LogP contribution in [0.5, 0.6) is 17.2 Å². The first kappa shape index (κ1) is 13.0. The number of nitrogens with zero attached hydrogens (tertiary/aromatic N) is 1. The predicted molar refractivity (Wildman–Crippen MR) is 75.7 cm³/mol. The fraction of sp³-hybridized carbons (Fsp3) is 0.0667. The van der Waals surface area contributed by atoms with Crippen molar-refractivity contribution in [3.63, 3.8) is 0 Å². The van der Waals surface area contributed by atoms with Crippen LogP contribution in [-0.2, 0) is 0 Å². The second-order valence-corrected chi connectivity index (χ2v) is 4.33. The second-order valence-electron chi connectivity index (χ2n) is 4.33. The standard InChI is InChI=1S/C15H12N2O4/c18-12-4-2-1-3-11(12)8-16-17-15(19)10-5-6-13-14(7-10)21-9-20-13/h1-8,18H,9H2,(H,17,19)/b16-8+. The zero-order valence-corrected chi connectivity index (χ0v) is 10.9. The van der Waals surface area contributed by atoms with Crippen LogP contribution in [0, 0.1) is 0 Å². The number of phenols is 1. The van der Waals surface area contributed by atoms with Crippen LogP contribution in [0.4, 0.5) is 0 Å². The van der Waals surface area contributed by atoms with E-state index < -0.39 is 0 Å². The van der Waals surface area contributed by atoms with Crippen LogP contribution in [-0.4, -0.2) is 24.0 Å². The van der Waals surface area contributed by atoms with Gasteiger partial charge in [0.15, 0.2) is 11.5 Å². The summed E-state index contributed by atoms with van der Waals surface area (Å²) in [6, 6.07) is 11.6. The summed E-state index contributed by atoms with van der Waals surface area (Å²) in [7, 11) is 0. The largest absolute Gasteiger partial charge is 0.507 e. The van der Waals surface area contributed by atoms with Gasteiger partial charge in [-0.05, 0) is 30.3 Å². The van der Waals surface area contributed by atoms with Crippen molar-refractivity contribution in [3.05, 3.63) is 53.6 Å². The Morgan fingerprint density at radius 2 is 2.00 bits per heavy atom. The molecule has 0 aliphatic carbocycles. The van der Waals surface area contributed by atoms with E-state index in [9.17, 15) is 9.90 Å². The molecule has 0 saturated carbocycles. The molecular weight excluding hydrogens is 272 g/mol. The molecule has 0 aromatic heterocycles. The van der Waals surface area contributed by atoms with E-state index in [0.717, 1.165) is 0 Å². The van der Waals surface area contributed by atoms with Crippen molar-refractivity contribution in [3.8, 4) is 17.2 Å². The van der Waals surface area contributed by atoms with Crippen LogP contribution in [0.15, 0.2) is 47.6 Å². The lowest BCUT2D eigenvalue weighted by molar-refractivity contribution is 0.0954. The minimum absolute atomic E-state index is 0.0959. The summed E-state index contributed by atoms with van der Waals surface area (Å²) in [5.74, 6) is 0.871. The summed E-state index contributed by atoms with van der Waals surface area (Å²) in [6.45, 7) is 0.159. The van der Waals surface area contributed by atoms with Crippen molar-refractivity contribution in [1.82, 2.24) is 5.43 Å². The maximum Gasteiger partial charge on any atom is 0.271 e. The minimum atomic E-state index is -0.375. The Balaban J connectivity index is 1.68. The number of rotatable bonds is 3. The predicted octanol–water partition coefficient (Wildman–Crippen LogP) is 1.88. The lowest BCUT2D eigenvalue weighted by Gasteiger charge is -2.02. The van der Waals surface area contributed by atoms with E-state index >= 15 is 0 Å². The number of carbonyl (C=O) groups excluding carboxylic acids is 1. The van der Waals surface area contributed by atoms with Gasteiger partial charge in [-0.1, -0.05) is 12.1 Å². The number of hydrazone groups is 1. The van der Waals surface area contributed by atoms with Crippen LogP contribution >= 0.6 is 0 Å². The molecule has 2 aromatic rings. The summed E-state index contributed by atoms with van der Waals surface area (Å²) in [5.41, 5.74) is 3.32. The van der Waals surface area contributed by atoms with Gasteiger partial charge in [0.1, 0.15) is 5.75 Å². The number of amides is 1. The van der Waals surface area contributed by atoms with Crippen molar-refractivity contribution in [2.75, 3.05) is 6.79 Å². The van der Waals surface area contributed by atoms with Gasteiger partial charge in [0.05, 0.1) is 6.21 Å². The average molecular weight is 284 g/mol. The molecule has 6 heteroatoms. The zero-order chi connectivity index (χ0) is 14.7. The fourth-order valence-electron chi connectivity index (χ4n) is 1.86. The van der Waals surface area contributed by atoms with E-state index in [1.54, 1.807) is 42.5 Å². The first-order valence-electron chi connectivity index (χ1n) is 6.25. The van der Waals surface area contributed by atoms with Gasteiger partial charge in [0, 0.05) is 11.1 Å². The maximum atomic E-state index is 11.9. The molecule has 0 spiro atoms. The van der Waals surface area contributed by atoms with Crippen LogP contribution < -0.4 is 14.9 Å². The Morgan fingerprint density at radius 3 is 2.86 bits per heavy atom.